The minimum Gasteiger partial charge on any atom is -0.457 e. The Balaban J connectivity index is 1.64. The van der Waals surface area contributed by atoms with Crippen LogP contribution in [0.2, 0.25) is 0 Å². The van der Waals surface area contributed by atoms with E-state index in [0.29, 0.717) is 6.42 Å². The molecule has 3 aromatic carbocycles. The van der Waals surface area contributed by atoms with Crippen molar-refractivity contribution in [3.05, 3.63) is 89.0 Å². The van der Waals surface area contributed by atoms with Crippen molar-refractivity contribution >= 4 is 11.6 Å². The number of fused-ring (bicyclic) bond motifs is 2. The molecule has 4 rings (SSSR count). The van der Waals surface area contributed by atoms with Crippen LogP contribution < -0.4 is 10.1 Å². The van der Waals surface area contributed by atoms with Crippen molar-refractivity contribution in [1.82, 2.24) is 0 Å². The van der Waals surface area contributed by atoms with Crippen LogP contribution in [0.5, 0.6) is 11.5 Å². The summed E-state index contributed by atoms with van der Waals surface area (Å²) in [6.07, 6.45) is 2.18. The highest BCUT2D eigenvalue weighted by Crippen LogP contribution is 2.45. The average molecular weight is 371 g/mol. The second kappa shape index (κ2) is 7.89. The van der Waals surface area contributed by atoms with Crippen LogP contribution in [0.25, 0.3) is 0 Å². The van der Waals surface area contributed by atoms with Gasteiger partial charge in [-0.25, -0.2) is 0 Å². The molecule has 0 saturated carbocycles. The third-order valence-electron chi connectivity index (χ3n) is 5.46. The zero-order chi connectivity index (χ0) is 19.5. The molecule has 0 saturated heterocycles. The zero-order valence-electron chi connectivity index (χ0n) is 16.4. The fourth-order valence-electron chi connectivity index (χ4n) is 4.01. The van der Waals surface area contributed by atoms with E-state index in [1.807, 2.05) is 36.4 Å². The predicted molar refractivity (Wildman–Crippen MR) is 113 cm³/mol. The first-order valence-corrected chi connectivity index (χ1v) is 9.97. The molecule has 0 unspecified atom stereocenters. The predicted octanol–water partition coefficient (Wildman–Crippen LogP) is 6.08. The number of ether oxygens (including phenoxy) is 1. The molecule has 0 aromatic heterocycles. The van der Waals surface area contributed by atoms with Crippen molar-refractivity contribution in [2.24, 2.45) is 0 Å². The number of nitrogens with one attached hydrogen (secondary N) is 1. The first kappa shape index (κ1) is 18.3. The van der Waals surface area contributed by atoms with Crippen LogP contribution in [0, 0.1) is 0 Å². The number of anilines is 1. The second-order valence-electron chi connectivity index (χ2n) is 7.14. The van der Waals surface area contributed by atoms with Gasteiger partial charge in [-0.3, -0.25) is 4.79 Å². The zero-order valence-corrected chi connectivity index (χ0v) is 16.4. The molecular formula is C25H25NO2. The number of carbonyl (C=O) groups is 1. The van der Waals surface area contributed by atoms with Crippen molar-refractivity contribution < 1.29 is 9.53 Å². The van der Waals surface area contributed by atoms with Crippen LogP contribution in [0.4, 0.5) is 5.69 Å². The molecule has 1 amide bonds. The molecule has 1 N–H and O–H groups in total. The first-order valence-electron chi connectivity index (χ1n) is 9.97. The minimum absolute atomic E-state index is 0.0139. The van der Waals surface area contributed by atoms with E-state index in [2.05, 4.69) is 49.5 Å². The fourth-order valence-corrected chi connectivity index (χ4v) is 4.01. The van der Waals surface area contributed by atoms with Crippen LogP contribution in [0.3, 0.4) is 0 Å². The number of hydrogen-bond acceptors (Lipinski definition) is 2. The Bertz CT molecular complexity index is 941. The van der Waals surface area contributed by atoms with Gasteiger partial charge in [0, 0.05) is 29.2 Å². The van der Waals surface area contributed by atoms with Gasteiger partial charge in [-0.2, -0.15) is 0 Å². The lowest BCUT2D eigenvalue weighted by Crippen LogP contribution is -2.20. The SMILES string of the molecule is CCc1cccc(CC)c1NC(=O)CC1c2ccccc2Oc2ccccc21. The summed E-state index contributed by atoms with van der Waals surface area (Å²) >= 11 is 0. The van der Waals surface area contributed by atoms with Crippen molar-refractivity contribution in [1.29, 1.82) is 0 Å². The van der Waals surface area contributed by atoms with Gasteiger partial charge in [-0.15, -0.1) is 0 Å². The Kier molecular flexibility index (Phi) is 5.16. The number of para-hydroxylation sites is 3. The van der Waals surface area contributed by atoms with E-state index < -0.39 is 0 Å². The molecule has 0 aliphatic carbocycles. The lowest BCUT2D eigenvalue weighted by molar-refractivity contribution is -0.116. The summed E-state index contributed by atoms with van der Waals surface area (Å²) in [5.74, 6) is 1.69. The third-order valence-corrected chi connectivity index (χ3v) is 5.46. The van der Waals surface area contributed by atoms with Crippen molar-refractivity contribution in [3.8, 4) is 11.5 Å². The average Bonchev–Trinajstić information content (AvgIpc) is 2.73. The molecule has 3 aromatic rings. The van der Waals surface area contributed by atoms with Gasteiger partial charge < -0.3 is 10.1 Å². The van der Waals surface area contributed by atoms with Gasteiger partial charge in [0.1, 0.15) is 11.5 Å². The molecule has 1 aliphatic rings. The summed E-state index contributed by atoms with van der Waals surface area (Å²) < 4.78 is 6.05. The summed E-state index contributed by atoms with van der Waals surface area (Å²) in [6.45, 7) is 4.24. The van der Waals surface area contributed by atoms with E-state index in [4.69, 9.17) is 4.74 Å². The Labute approximate surface area is 166 Å². The first-order chi connectivity index (χ1) is 13.7. The molecule has 142 valence electrons. The van der Waals surface area contributed by atoms with E-state index in [1.165, 1.54) is 11.1 Å². The standard InChI is InChI=1S/C25H25NO2/c1-3-17-10-9-11-18(4-2)25(17)26-24(27)16-21-19-12-5-7-14-22(19)28-23-15-8-6-13-20(21)23/h5-15,21H,3-4,16H2,1-2H3,(H,26,27). The van der Waals surface area contributed by atoms with Crippen LogP contribution in [-0.2, 0) is 17.6 Å². The molecule has 3 nitrogen and oxygen atoms in total. The monoisotopic (exact) mass is 371 g/mol. The van der Waals surface area contributed by atoms with Gasteiger partial charge in [0.05, 0.1) is 0 Å². The van der Waals surface area contributed by atoms with Crippen LogP contribution >= 0.6 is 0 Å². The lowest BCUT2D eigenvalue weighted by Gasteiger charge is -2.28. The number of aryl methyl sites for hydroxylation is 2. The van der Waals surface area contributed by atoms with Crippen LogP contribution in [-0.4, -0.2) is 5.91 Å². The maximum absolute atomic E-state index is 13.1. The molecule has 0 spiro atoms. The van der Waals surface area contributed by atoms with E-state index in [0.717, 1.165) is 41.2 Å². The Morgan fingerprint density at radius 2 is 1.36 bits per heavy atom. The van der Waals surface area contributed by atoms with E-state index >= 15 is 0 Å². The molecule has 3 heteroatoms. The largest absolute Gasteiger partial charge is 0.457 e. The smallest absolute Gasteiger partial charge is 0.225 e. The maximum Gasteiger partial charge on any atom is 0.225 e. The van der Waals surface area contributed by atoms with Gasteiger partial charge in [0.15, 0.2) is 0 Å². The summed E-state index contributed by atoms with van der Waals surface area (Å²) in [5, 5.41) is 3.21. The highest BCUT2D eigenvalue weighted by molar-refractivity contribution is 5.93. The van der Waals surface area contributed by atoms with Gasteiger partial charge in [0.25, 0.3) is 0 Å². The molecular weight excluding hydrogens is 346 g/mol. The number of rotatable bonds is 5. The van der Waals surface area contributed by atoms with Gasteiger partial charge >= 0.3 is 0 Å². The highest BCUT2D eigenvalue weighted by atomic mass is 16.5. The Morgan fingerprint density at radius 3 is 1.89 bits per heavy atom. The summed E-state index contributed by atoms with van der Waals surface area (Å²) in [4.78, 5) is 13.1. The van der Waals surface area contributed by atoms with Crippen molar-refractivity contribution in [2.75, 3.05) is 5.32 Å². The quantitative estimate of drug-likeness (QED) is 0.590. The van der Waals surface area contributed by atoms with Gasteiger partial charge in [0.2, 0.25) is 5.91 Å². The maximum atomic E-state index is 13.1. The molecule has 1 aliphatic heterocycles. The van der Waals surface area contributed by atoms with Crippen molar-refractivity contribution in [3.63, 3.8) is 0 Å². The minimum atomic E-state index is -0.0139. The second-order valence-corrected chi connectivity index (χ2v) is 7.14. The van der Waals surface area contributed by atoms with Crippen LogP contribution in [0.1, 0.15) is 48.4 Å². The Hall–Kier alpha value is -3.07. The molecule has 0 bridgehead atoms. The van der Waals surface area contributed by atoms with Gasteiger partial charge in [-0.05, 0) is 36.1 Å². The molecule has 1 heterocycles. The fraction of sp³-hybridized carbons (Fsp3) is 0.240. The Morgan fingerprint density at radius 1 is 0.821 bits per heavy atom. The summed E-state index contributed by atoms with van der Waals surface area (Å²) in [7, 11) is 0. The highest BCUT2D eigenvalue weighted by Gasteiger charge is 2.28. The van der Waals surface area contributed by atoms with E-state index in [9.17, 15) is 4.79 Å². The molecule has 0 atom stereocenters. The summed E-state index contributed by atoms with van der Waals surface area (Å²) in [5.41, 5.74) is 5.47. The topological polar surface area (TPSA) is 38.3 Å². The molecule has 28 heavy (non-hydrogen) atoms. The van der Waals surface area contributed by atoms with E-state index in [-0.39, 0.29) is 11.8 Å². The number of benzene rings is 3. The van der Waals surface area contributed by atoms with Crippen LogP contribution in [0.15, 0.2) is 66.7 Å². The molecule has 0 radical (unpaired) electrons. The normalized spacial score (nSPS) is 12.6. The van der Waals surface area contributed by atoms with Crippen molar-refractivity contribution in [2.45, 2.75) is 39.0 Å². The molecule has 0 fully saturated rings. The third kappa shape index (κ3) is 3.40. The van der Waals surface area contributed by atoms with E-state index in [1.54, 1.807) is 0 Å². The lowest BCUT2D eigenvalue weighted by atomic mass is 9.85. The van der Waals surface area contributed by atoms with Gasteiger partial charge in [-0.1, -0.05) is 68.4 Å². The number of hydrogen-bond donors (Lipinski definition) is 1. The number of amides is 1. The number of carbonyl (C=O) groups excluding carboxylic acids is 1. The summed E-state index contributed by atoms with van der Waals surface area (Å²) in [6, 6.07) is 22.2.